The van der Waals surface area contributed by atoms with Gasteiger partial charge in [0, 0.05) is 23.8 Å². The number of ether oxygens (including phenoxy) is 1. The van der Waals surface area contributed by atoms with E-state index in [4.69, 9.17) is 4.74 Å². The van der Waals surface area contributed by atoms with E-state index in [1.165, 1.54) is 0 Å². The summed E-state index contributed by atoms with van der Waals surface area (Å²) in [5, 5.41) is 0.231. The lowest BCUT2D eigenvalue weighted by atomic mass is 9.47. The highest BCUT2D eigenvalue weighted by molar-refractivity contribution is 9.09. The highest BCUT2D eigenvalue weighted by atomic mass is 79.9. The van der Waals surface area contributed by atoms with Gasteiger partial charge in [-0.15, -0.1) is 0 Å². The number of Topliss-reactive ketones (excluding diaryl/α,β-unsaturated/α-hetero) is 1. The molecular weight excluding hydrogens is 396 g/mol. The summed E-state index contributed by atoms with van der Waals surface area (Å²) in [5.41, 5.74) is 0.611. The van der Waals surface area contributed by atoms with Gasteiger partial charge in [0.15, 0.2) is 11.6 Å². The molecule has 0 spiro atoms. The topological polar surface area (TPSA) is 60.4 Å². The summed E-state index contributed by atoms with van der Waals surface area (Å²) in [6.07, 6.45) is 7.53. The van der Waals surface area contributed by atoms with Gasteiger partial charge in [-0.25, -0.2) is 0 Å². The number of carbonyl (C=O) groups excluding carboxylic acids is 3. The average molecular weight is 423 g/mol. The molecule has 4 nitrogen and oxygen atoms in total. The number of allylic oxidation sites excluding steroid dienone is 1. The molecule has 3 saturated carbocycles. The van der Waals surface area contributed by atoms with Crippen LogP contribution in [-0.2, 0) is 19.1 Å². The van der Waals surface area contributed by atoms with E-state index in [0.717, 1.165) is 37.7 Å². The number of carbonyl (C=O) groups is 3. The maximum Gasteiger partial charge on any atom is 0.316 e. The number of esters is 1. The molecule has 0 aromatic heterocycles. The van der Waals surface area contributed by atoms with Crippen molar-refractivity contribution in [2.75, 3.05) is 5.33 Å². The molecule has 0 saturated heterocycles. The summed E-state index contributed by atoms with van der Waals surface area (Å²) in [6.45, 7) is 4.47. The largest absolute Gasteiger partial charge is 0.461 e. The van der Waals surface area contributed by atoms with E-state index in [9.17, 15) is 14.4 Å². The Labute approximate surface area is 163 Å². The number of hydrogen-bond donors (Lipinski definition) is 0. The summed E-state index contributed by atoms with van der Waals surface area (Å²) >= 11 is 3.19. The van der Waals surface area contributed by atoms with Crippen molar-refractivity contribution in [2.24, 2.45) is 28.6 Å². The predicted octanol–water partition coefficient (Wildman–Crippen LogP) is 4.00. The van der Waals surface area contributed by atoms with Crippen molar-refractivity contribution in [3.05, 3.63) is 11.6 Å². The van der Waals surface area contributed by atoms with Crippen molar-refractivity contribution in [1.82, 2.24) is 0 Å². The van der Waals surface area contributed by atoms with Crippen LogP contribution in [0.4, 0.5) is 0 Å². The molecule has 0 aromatic rings. The van der Waals surface area contributed by atoms with E-state index in [0.29, 0.717) is 30.6 Å². The first-order chi connectivity index (χ1) is 12.3. The van der Waals surface area contributed by atoms with Gasteiger partial charge in [0.05, 0.1) is 0 Å². The van der Waals surface area contributed by atoms with Gasteiger partial charge in [-0.05, 0) is 61.3 Å². The van der Waals surface area contributed by atoms with Crippen LogP contribution in [0.1, 0.15) is 58.8 Å². The standard InChI is InChI=1S/C21H27BrO4/c1-20-7-5-12(23)9-16(20)17(24)10-13-14-3-4-18(26-19(25)11-22)21(14,2)8-6-15(13)20/h9,13-15,18H,3-8,10-11H2,1-2H3/t13-,14-,15-,18-,20+,21-/m0/s1. The minimum absolute atomic E-state index is 0.0264. The van der Waals surface area contributed by atoms with Crippen LogP contribution >= 0.6 is 15.9 Å². The summed E-state index contributed by atoms with van der Waals surface area (Å²) in [5.74, 6) is 1.32. The fraction of sp³-hybridized carbons (Fsp3) is 0.762. The van der Waals surface area contributed by atoms with Crippen molar-refractivity contribution >= 4 is 33.5 Å². The molecule has 0 radical (unpaired) electrons. The molecule has 0 aliphatic heterocycles. The Balaban J connectivity index is 1.64. The van der Waals surface area contributed by atoms with Crippen molar-refractivity contribution in [2.45, 2.75) is 64.9 Å². The molecule has 5 heteroatoms. The number of alkyl halides is 1. The smallest absolute Gasteiger partial charge is 0.316 e. The van der Waals surface area contributed by atoms with Gasteiger partial charge in [-0.1, -0.05) is 29.8 Å². The first kappa shape index (κ1) is 18.4. The second-order valence-corrected chi connectivity index (χ2v) is 9.74. The minimum atomic E-state index is -0.193. The van der Waals surface area contributed by atoms with E-state index in [2.05, 4.69) is 29.8 Å². The van der Waals surface area contributed by atoms with Gasteiger partial charge < -0.3 is 4.74 Å². The zero-order chi connectivity index (χ0) is 18.7. The normalized spacial score (nSPS) is 44.7. The lowest BCUT2D eigenvalue weighted by molar-refractivity contribution is -0.157. The Morgan fingerprint density at radius 3 is 2.69 bits per heavy atom. The van der Waals surface area contributed by atoms with Gasteiger partial charge in [0.2, 0.25) is 0 Å². The maximum absolute atomic E-state index is 12.9. The number of halogens is 1. The van der Waals surface area contributed by atoms with Crippen molar-refractivity contribution in [1.29, 1.82) is 0 Å². The monoisotopic (exact) mass is 422 g/mol. The summed E-state index contributed by atoms with van der Waals surface area (Å²) in [4.78, 5) is 36.6. The van der Waals surface area contributed by atoms with E-state index in [-0.39, 0.29) is 39.8 Å². The van der Waals surface area contributed by atoms with Gasteiger partial charge in [-0.3, -0.25) is 14.4 Å². The predicted molar refractivity (Wildman–Crippen MR) is 101 cm³/mol. The fourth-order valence-corrected chi connectivity index (χ4v) is 6.85. The van der Waals surface area contributed by atoms with Gasteiger partial charge >= 0.3 is 5.97 Å². The van der Waals surface area contributed by atoms with Crippen molar-refractivity contribution in [3.63, 3.8) is 0 Å². The number of ketones is 2. The van der Waals surface area contributed by atoms with Crippen LogP contribution in [0.3, 0.4) is 0 Å². The second-order valence-electron chi connectivity index (χ2n) is 9.18. The first-order valence-electron chi connectivity index (χ1n) is 9.83. The van der Waals surface area contributed by atoms with E-state index < -0.39 is 0 Å². The molecule has 142 valence electrons. The van der Waals surface area contributed by atoms with Crippen LogP contribution in [-0.4, -0.2) is 29.0 Å². The molecule has 0 heterocycles. The van der Waals surface area contributed by atoms with Crippen LogP contribution in [0, 0.1) is 28.6 Å². The van der Waals surface area contributed by atoms with Crippen LogP contribution in [0.15, 0.2) is 11.6 Å². The lowest BCUT2D eigenvalue weighted by Crippen LogP contribution is -2.53. The minimum Gasteiger partial charge on any atom is -0.461 e. The molecular formula is C21H27BrO4. The fourth-order valence-electron chi connectivity index (χ4n) is 6.72. The SMILES string of the molecule is C[C@]12CC[C@H]3[C@@H](CC(=O)C4=CC(=O)CC[C@@]43C)[C@@H]1CC[C@@H]2OC(=O)CBr. The van der Waals surface area contributed by atoms with Crippen LogP contribution in [0.5, 0.6) is 0 Å². The zero-order valence-electron chi connectivity index (χ0n) is 15.6. The number of fused-ring (bicyclic) bond motifs is 5. The second kappa shape index (κ2) is 6.29. The highest BCUT2D eigenvalue weighted by Gasteiger charge is 2.61. The Morgan fingerprint density at radius 1 is 1.19 bits per heavy atom. The molecule has 0 N–H and O–H groups in total. The number of rotatable bonds is 2. The van der Waals surface area contributed by atoms with Crippen molar-refractivity contribution < 1.29 is 19.1 Å². The third kappa shape index (κ3) is 2.56. The molecule has 4 aliphatic rings. The molecule has 4 rings (SSSR count). The van der Waals surface area contributed by atoms with Gasteiger partial charge in [0.1, 0.15) is 11.4 Å². The third-order valence-electron chi connectivity index (χ3n) is 8.08. The molecule has 0 aromatic carbocycles. The zero-order valence-corrected chi connectivity index (χ0v) is 17.1. The maximum atomic E-state index is 12.9. The van der Waals surface area contributed by atoms with Gasteiger partial charge in [0.25, 0.3) is 0 Å². The van der Waals surface area contributed by atoms with E-state index in [1.54, 1.807) is 6.08 Å². The van der Waals surface area contributed by atoms with Crippen LogP contribution < -0.4 is 0 Å². The first-order valence-corrected chi connectivity index (χ1v) is 11.0. The van der Waals surface area contributed by atoms with Crippen LogP contribution in [0.2, 0.25) is 0 Å². The molecule has 26 heavy (non-hydrogen) atoms. The third-order valence-corrected chi connectivity index (χ3v) is 8.54. The lowest BCUT2D eigenvalue weighted by Gasteiger charge is -2.57. The van der Waals surface area contributed by atoms with E-state index >= 15 is 0 Å². The summed E-state index contributed by atoms with van der Waals surface area (Å²) < 4.78 is 5.76. The molecule has 4 aliphatic carbocycles. The summed E-state index contributed by atoms with van der Waals surface area (Å²) in [6, 6.07) is 0. The molecule has 3 fully saturated rings. The van der Waals surface area contributed by atoms with E-state index in [1.807, 2.05) is 0 Å². The van der Waals surface area contributed by atoms with Gasteiger partial charge in [-0.2, -0.15) is 0 Å². The molecule has 0 bridgehead atoms. The molecule has 0 amide bonds. The Hall–Kier alpha value is -0.970. The highest BCUT2D eigenvalue weighted by Crippen LogP contribution is 2.65. The van der Waals surface area contributed by atoms with Crippen molar-refractivity contribution in [3.8, 4) is 0 Å². The average Bonchev–Trinajstić information content (AvgIpc) is 2.93. The quantitative estimate of drug-likeness (QED) is 0.498. The molecule has 6 atom stereocenters. The van der Waals surface area contributed by atoms with Crippen LogP contribution in [0.25, 0.3) is 0 Å². The Bertz CT molecular complexity index is 698. The summed E-state index contributed by atoms with van der Waals surface area (Å²) in [7, 11) is 0. The molecule has 0 unspecified atom stereocenters. The Kier molecular flexibility index (Phi) is 4.45. The number of hydrogen-bond acceptors (Lipinski definition) is 4. The Morgan fingerprint density at radius 2 is 1.96 bits per heavy atom.